The van der Waals surface area contributed by atoms with Gasteiger partial charge in [-0.25, -0.2) is 0 Å². The topological polar surface area (TPSA) is 79.3 Å². The number of likely N-dealkylation sites (tertiary alicyclic amines) is 1. The minimum absolute atomic E-state index is 0.0884. The van der Waals surface area contributed by atoms with Crippen LogP contribution >= 0.6 is 0 Å². The maximum Gasteiger partial charge on any atom is 0.295 e. The molecule has 1 atom stereocenters. The number of hydrogen-bond donors (Lipinski definition) is 1. The molecule has 1 aliphatic heterocycles. The second kappa shape index (κ2) is 13.3. The Bertz CT molecular complexity index is 1350. The number of aliphatic hydroxyl groups excluding tert-OH is 1. The van der Waals surface area contributed by atoms with Crippen molar-refractivity contribution >= 4 is 17.4 Å². The molecule has 1 heterocycles. The standard InChI is InChI=1S/C33H38N2O5/c1-5-20-39-27-14-10-25(11-15-27)30-29(32(37)33(38)35(30)19-7-18-34(3)4)31(36)26-12-16-28(17-13-26)40-22-24-9-6-8-23(2)21-24/h6,8-17,21,30,36H,5,7,18-20,22H2,1-4H3. The molecule has 7 nitrogen and oxygen atoms in total. The monoisotopic (exact) mass is 542 g/mol. The van der Waals surface area contributed by atoms with Gasteiger partial charge in [0, 0.05) is 12.1 Å². The number of aryl methyl sites for hydroxylation is 1. The SMILES string of the molecule is CCCOc1ccc(C2C(=C(O)c3ccc(OCc4cccc(C)c4)cc3)C(=O)C(=O)N2CCCN(C)C)cc1. The normalized spacial score (nSPS) is 16.5. The molecule has 7 heteroatoms. The van der Waals surface area contributed by atoms with Crippen molar-refractivity contribution < 1.29 is 24.2 Å². The lowest BCUT2D eigenvalue weighted by atomic mass is 9.95. The Morgan fingerprint density at radius 1 is 0.950 bits per heavy atom. The smallest absolute Gasteiger partial charge is 0.295 e. The van der Waals surface area contributed by atoms with Crippen molar-refractivity contribution in [3.63, 3.8) is 0 Å². The predicted molar refractivity (Wildman–Crippen MR) is 156 cm³/mol. The van der Waals surface area contributed by atoms with E-state index >= 15 is 0 Å². The minimum atomic E-state index is -0.695. The number of carbonyl (C=O) groups is 2. The fraction of sp³-hybridized carbons (Fsp3) is 0.333. The molecule has 1 aliphatic rings. The third kappa shape index (κ3) is 6.90. The average molecular weight is 543 g/mol. The summed E-state index contributed by atoms with van der Waals surface area (Å²) in [6, 6.07) is 21.7. The van der Waals surface area contributed by atoms with Crippen LogP contribution in [0, 0.1) is 6.92 Å². The zero-order valence-electron chi connectivity index (χ0n) is 23.7. The lowest BCUT2D eigenvalue weighted by Gasteiger charge is -2.26. The predicted octanol–water partition coefficient (Wildman–Crippen LogP) is 5.74. The van der Waals surface area contributed by atoms with E-state index < -0.39 is 17.7 Å². The molecular weight excluding hydrogens is 504 g/mol. The van der Waals surface area contributed by atoms with Gasteiger partial charge < -0.3 is 24.4 Å². The summed E-state index contributed by atoms with van der Waals surface area (Å²) in [5, 5.41) is 11.4. The van der Waals surface area contributed by atoms with Gasteiger partial charge in [0.05, 0.1) is 18.2 Å². The van der Waals surface area contributed by atoms with Gasteiger partial charge in [-0.3, -0.25) is 9.59 Å². The molecule has 1 fully saturated rings. The molecular formula is C33H38N2O5. The number of benzene rings is 3. The van der Waals surface area contributed by atoms with E-state index in [0.717, 1.165) is 35.4 Å². The van der Waals surface area contributed by atoms with Gasteiger partial charge in [0.25, 0.3) is 11.7 Å². The van der Waals surface area contributed by atoms with Gasteiger partial charge in [0.1, 0.15) is 23.9 Å². The summed E-state index contributed by atoms with van der Waals surface area (Å²) < 4.78 is 11.6. The lowest BCUT2D eigenvalue weighted by Crippen LogP contribution is -2.32. The van der Waals surface area contributed by atoms with Crippen LogP contribution in [0.1, 0.15) is 48.1 Å². The van der Waals surface area contributed by atoms with E-state index in [4.69, 9.17) is 9.47 Å². The number of ether oxygens (including phenoxy) is 2. The van der Waals surface area contributed by atoms with Crippen molar-refractivity contribution in [2.24, 2.45) is 0 Å². The molecule has 0 saturated carbocycles. The maximum absolute atomic E-state index is 13.3. The molecule has 3 aromatic rings. The number of nitrogens with zero attached hydrogens (tertiary/aromatic N) is 2. The van der Waals surface area contributed by atoms with E-state index in [-0.39, 0.29) is 11.3 Å². The van der Waals surface area contributed by atoms with Gasteiger partial charge in [0.15, 0.2) is 0 Å². The molecule has 0 bridgehead atoms. The number of rotatable bonds is 12. The van der Waals surface area contributed by atoms with Crippen molar-refractivity contribution in [1.29, 1.82) is 0 Å². The third-order valence-corrected chi connectivity index (χ3v) is 6.83. The number of ketones is 1. The number of hydrogen-bond acceptors (Lipinski definition) is 6. The van der Waals surface area contributed by atoms with Crippen molar-refractivity contribution in [2.45, 2.75) is 39.3 Å². The van der Waals surface area contributed by atoms with Crippen molar-refractivity contribution in [3.8, 4) is 11.5 Å². The lowest BCUT2D eigenvalue weighted by molar-refractivity contribution is -0.139. The highest BCUT2D eigenvalue weighted by Gasteiger charge is 2.45. The molecule has 0 radical (unpaired) electrons. The molecule has 0 aromatic heterocycles. The molecule has 1 amide bonds. The van der Waals surface area contributed by atoms with Crippen LogP contribution in [-0.2, 0) is 16.2 Å². The van der Waals surface area contributed by atoms with Crippen LogP contribution < -0.4 is 9.47 Å². The van der Waals surface area contributed by atoms with Crippen LogP contribution in [0.25, 0.3) is 5.76 Å². The molecule has 1 N–H and O–H groups in total. The summed E-state index contributed by atoms with van der Waals surface area (Å²) >= 11 is 0. The first kappa shape index (κ1) is 28.9. The van der Waals surface area contributed by atoms with E-state index in [1.54, 1.807) is 29.2 Å². The number of aliphatic hydroxyl groups is 1. The summed E-state index contributed by atoms with van der Waals surface area (Å²) in [5.74, 6) is -0.124. The Hall–Kier alpha value is -4.10. The molecule has 0 spiro atoms. The van der Waals surface area contributed by atoms with E-state index in [9.17, 15) is 14.7 Å². The van der Waals surface area contributed by atoms with Gasteiger partial charge >= 0.3 is 0 Å². The third-order valence-electron chi connectivity index (χ3n) is 6.83. The van der Waals surface area contributed by atoms with E-state index in [0.29, 0.717) is 37.5 Å². The summed E-state index contributed by atoms with van der Waals surface area (Å²) in [7, 11) is 3.93. The van der Waals surface area contributed by atoms with Gasteiger partial charge in [-0.2, -0.15) is 0 Å². The highest BCUT2D eigenvalue weighted by Crippen LogP contribution is 2.40. The maximum atomic E-state index is 13.3. The Morgan fingerprint density at radius 3 is 2.27 bits per heavy atom. The van der Waals surface area contributed by atoms with Crippen LogP contribution in [0.4, 0.5) is 0 Å². The first-order valence-corrected chi connectivity index (χ1v) is 13.7. The molecule has 1 saturated heterocycles. The average Bonchev–Trinajstić information content (AvgIpc) is 3.20. The molecule has 3 aromatic carbocycles. The molecule has 40 heavy (non-hydrogen) atoms. The van der Waals surface area contributed by atoms with Crippen molar-refractivity contribution in [1.82, 2.24) is 9.80 Å². The quantitative estimate of drug-likeness (QED) is 0.179. The number of amides is 1. The van der Waals surface area contributed by atoms with Gasteiger partial charge in [-0.05, 0) is 87.9 Å². The van der Waals surface area contributed by atoms with Gasteiger partial charge in [0.2, 0.25) is 0 Å². The van der Waals surface area contributed by atoms with Crippen LogP contribution in [0.5, 0.6) is 11.5 Å². The van der Waals surface area contributed by atoms with Crippen LogP contribution in [0.15, 0.2) is 78.4 Å². The van der Waals surface area contributed by atoms with Crippen LogP contribution in [-0.4, -0.2) is 60.4 Å². The van der Waals surface area contributed by atoms with Crippen molar-refractivity contribution in [2.75, 3.05) is 33.8 Å². The first-order valence-electron chi connectivity index (χ1n) is 13.7. The largest absolute Gasteiger partial charge is 0.507 e. The highest BCUT2D eigenvalue weighted by atomic mass is 16.5. The molecule has 210 valence electrons. The Kier molecular flexibility index (Phi) is 9.61. The van der Waals surface area contributed by atoms with E-state index in [2.05, 4.69) is 6.07 Å². The number of carbonyl (C=O) groups excluding carboxylic acids is 2. The van der Waals surface area contributed by atoms with Crippen LogP contribution in [0.3, 0.4) is 0 Å². The van der Waals surface area contributed by atoms with Crippen LogP contribution in [0.2, 0.25) is 0 Å². The summed E-state index contributed by atoms with van der Waals surface area (Å²) in [4.78, 5) is 30.1. The van der Waals surface area contributed by atoms with E-state index in [1.165, 1.54) is 0 Å². The molecule has 1 unspecified atom stereocenters. The summed E-state index contributed by atoms with van der Waals surface area (Å²) in [5.41, 5.74) is 3.50. The Morgan fingerprint density at radius 2 is 1.62 bits per heavy atom. The second-order valence-electron chi connectivity index (χ2n) is 10.4. The Labute approximate surface area is 236 Å². The second-order valence-corrected chi connectivity index (χ2v) is 10.4. The van der Waals surface area contributed by atoms with E-state index in [1.807, 2.05) is 75.3 Å². The molecule has 0 aliphatic carbocycles. The fourth-order valence-electron chi connectivity index (χ4n) is 4.81. The van der Waals surface area contributed by atoms with Gasteiger partial charge in [-0.1, -0.05) is 48.9 Å². The summed E-state index contributed by atoms with van der Waals surface area (Å²) in [6.07, 6.45) is 1.59. The minimum Gasteiger partial charge on any atom is -0.507 e. The zero-order valence-corrected chi connectivity index (χ0v) is 23.7. The highest BCUT2D eigenvalue weighted by molar-refractivity contribution is 6.46. The zero-order chi connectivity index (χ0) is 28.6. The Balaban J connectivity index is 1.62. The fourth-order valence-corrected chi connectivity index (χ4v) is 4.81. The summed E-state index contributed by atoms with van der Waals surface area (Å²) in [6.45, 7) is 6.26. The first-order chi connectivity index (χ1) is 19.3. The number of Topliss-reactive ketones (excluding diaryl/α,β-unsaturated/α-hetero) is 1. The van der Waals surface area contributed by atoms with Gasteiger partial charge in [-0.15, -0.1) is 0 Å². The molecule has 4 rings (SSSR count). The van der Waals surface area contributed by atoms with Crippen molar-refractivity contribution in [3.05, 3.63) is 101 Å².